The molecule has 5 nitrogen and oxygen atoms in total. The first-order valence-corrected chi connectivity index (χ1v) is 11.1. The topological polar surface area (TPSA) is 78.8 Å². The lowest BCUT2D eigenvalue weighted by atomic mass is 9.95. The maximum Gasteiger partial charge on any atom is 0.416 e. The number of nitrogens with one attached hydrogen (secondary N) is 1. The van der Waals surface area contributed by atoms with Crippen molar-refractivity contribution in [3.05, 3.63) is 94.5 Å². The number of halogens is 6. The van der Waals surface area contributed by atoms with Crippen molar-refractivity contribution in [2.45, 2.75) is 30.5 Å². The van der Waals surface area contributed by atoms with Gasteiger partial charge in [0, 0.05) is 12.5 Å². The van der Waals surface area contributed by atoms with Gasteiger partial charge < -0.3 is 20.3 Å². The molecule has 196 valence electrons. The zero-order valence-electron chi connectivity index (χ0n) is 19.0. The zero-order valence-corrected chi connectivity index (χ0v) is 19.0. The SMILES string of the molecule is O=C(NCC(O)C(O)c1cc(C(F)(F)F)ccc1C(F)(F)F)OCC1c2ccccc2-c2ccccc21. The van der Waals surface area contributed by atoms with Crippen LogP contribution in [0.15, 0.2) is 66.7 Å². The molecular weight excluding hydrogens is 504 g/mol. The highest BCUT2D eigenvalue weighted by molar-refractivity contribution is 5.79. The molecule has 0 saturated heterocycles. The molecule has 0 spiro atoms. The van der Waals surface area contributed by atoms with Crippen LogP contribution in [0.2, 0.25) is 0 Å². The Labute approximate surface area is 207 Å². The van der Waals surface area contributed by atoms with Crippen LogP contribution in [0.5, 0.6) is 0 Å². The fraction of sp³-hybridized carbons (Fsp3) is 0.269. The molecule has 2 unspecified atom stereocenters. The van der Waals surface area contributed by atoms with Gasteiger partial charge in [0.2, 0.25) is 0 Å². The molecule has 0 fully saturated rings. The van der Waals surface area contributed by atoms with Gasteiger partial charge in [-0.15, -0.1) is 0 Å². The fourth-order valence-corrected chi connectivity index (χ4v) is 4.40. The summed E-state index contributed by atoms with van der Waals surface area (Å²) in [5.74, 6) is -0.270. The van der Waals surface area contributed by atoms with Crippen molar-refractivity contribution < 1.29 is 46.1 Å². The third-order valence-electron chi connectivity index (χ3n) is 6.17. The summed E-state index contributed by atoms with van der Waals surface area (Å²) in [5.41, 5.74) is -0.254. The van der Waals surface area contributed by atoms with Crippen LogP contribution in [0.1, 0.15) is 39.8 Å². The third-order valence-corrected chi connectivity index (χ3v) is 6.17. The number of hydrogen-bond acceptors (Lipinski definition) is 4. The van der Waals surface area contributed by atoms with E-state index in [0.717, 1.165) is 22.3 Å². The predicted molar refractivity (Wildman–Crippen MR) is 120 cm³/mol. The largest absolute Gasteiger partial charge is 0.449 e. The van der Waals surface area contributed by atoms with Gasteiger partial charge in [0.15, 0.2) is 0 Å². The smallest absolute Gasteiger partial charge is 0.416 e. The minimum atomic E-state index is -5.08. The number of ether oxygens (including phenoxy) is 1. The monoisotopic (exact) mass is 525 g/mol. The molecular formula is C26H21F6NO4. The first-order chi connectivity index (χ1) is 17.4. The Morgan fingerprint density at radius 2 is 1.43 bits per heavy atom. The summed E-state index contributed by atoms with van der Waals surface area (Å²) in [6.45, 7) is -0.851. The van der Waals surface area contributed by atoms with Crippen LogP contribution in [0.4, 0.5) is 31.1 Å². The molecule has 0 radical (unpaired) electrons. The van der Waals surface area contributed by atoms with Gasteiger partial charge in [0.25, 0.3) is 0 Å². The highest BCUT2D eigenvalue weighted by Gasteiger charge is 2.39. The molecule has 0 saturated carbocycles. The summed E-state index contributed by atoms with van der Waals surface area (Å²) < 4.78 is 84.2. The van der Waals surface area contributed by atoms with Gasteiger partial charge >= 0.3 is 18.4 Å². The molecule has 3 N–H and O–H groups in total. The summed E-state index contributed by atoms with van der Waals surface area (Å²) in [7, 11) is 0. The Morgan fingerprint density at radius 3 is 1.97 bits per heavy atom. The number of benzene rings is 3. The highest BCUT2D eigenvalue weighted by atomic mass is 19.4. The van der Waals surface area contributed by atoms with E-state index in [1.165, 1.54) is 0 Å². The molecule has 0 heterocycles. The quantitative estimate of drug-likeness (QED) is 0.363. The molecule has 3 aromatic rings. The lowest BCUT2D eigenvalue weighted by Gasteiger charge is -2.23. The number of fused-ring (bicyclic) bond motifs is 3. The van der Waals surface area contributed by atoms with Crippen molar-refractivity contribution >= 4 is 6.09 Å². The number of carbonyl (C=O) groups is 1. The van der Waals surface area contributed by atoms with Crippen LogP contribution >= 0.6 is 0 Å². The Hall–Kier alpha value is -3.57. The Morgan fingerprint density at radius 1 is 0.865 bits per heavy atom. The summed E-state index contributed by atoms with van der Waals surface area (Å²) in [6, 6.07) is 15.7. The molecule has 2 atom stereocenters. The lowest BCUT2D eigenvalue weighted by molar-refractivity contribution is -0.143. The van der Waals surface area contributed by atoms with Crippen LogP contribution in [-0.2, 0) is 17.1 Å². The predicted octanol–water partition coefficient (Wildman–Crippen LogP) is 5.66. The molecule has 3 aromatic carbocycles. The van der Waals surface area contributed by atoms with Crippen molar-refractivity contribution in [1.29, 1.82) is 0 Å². The fourth-order valence-electron chi connectivity index (χ4n) is 4.40. The van der Waals surface area contributed by atoms with Crippen LogP contribution in [0.3, 0.4) is 0 Å². The maximum atomic E-state index is 13.3. The molecule has 1 amide bonds. The van der Waals surface area contributed by atoms with Gasteiger partial charge in [-0.2, -0.15) is 26.3 Å². The van der Waals surface area contributed by atoms with E-state index in [1.807, 2.05) is 48.5 Å². The number of aliphatic hydroxyl groups is 2. The molecule has 0 bridgehead atoms. The molecule has 4 rings (SSSR count). The van der Waals surface area contributed by atoms with Crippen LogP contribution < -0.4 is 5.32 Å². The molecule has 0 aliphatic heterocycles. The Bertz CT molecular complexity index is 1250. The zero-order chi connectivity index (χ0) is 27.0. The van der Waals surface area contributed by atoms with Gasteiger partial charge in [-0.1, -0.05) is 48.5 Å². The molecule has 37 heavy (non-hydrogen) atoms. The van der Waals surface area contributed by atoms with Gasteiger partial charge in [0.05, 0.1) is 11.1 Å². The number of hydrogen-bond donors (Lipinski definition) is 3. The lowest BCUT2D eigenvalue weighted by Crippen LogP contribution is -2.37. The molecule has 0 aromatic heterocycles. The maximum absolute atomic E-state index is 13.3. The van der Waals surface area contributed by atoms with E-state index in [0.29, 0.717) is 0 Å². The number of alkyl halides is 6. The van der Waals surface area contributed by atoms with E-state index >= 15 is 0 Å². The number of aliphatic hydroxyl groups excluding tert-OH is 2. The van der Waals surface area contributed by atoms with E-state index in [1.54, 1.807) is 0 Å². The Balaban J connectivity index is 1.41. The van der Waals surface area contributed by atoms with Crippen molar-refractivity contribution in [2.75, 3.05) is 13.2 Å². The second-order valence-electron chi connectivity index (χ2n) is 8.52. The summed E-state index contributed by atoms with van der Waals surface area (Å²) >= 11 is 0. The van der Waals surface area contributed by atoms with Crippen LogP contribution in [0, 0.1) is 0 Å². The summed E-state index contributed by atoms with van der Waals surface area (Å²) in [5, 5.41) is 22.6. The van der Waals surface area contributed by atoms with Gasteiger partial charge in [-0.3, -0.25) is 0 Å². The van der Waals surface area contributed by atoms with Crippen molar-refractivity contribution in [2.24, 2.45) is 0 Å². The third kappa shape index (κ3) is 5.57. The summed E-state index contributed by atoms with van der Waals surface area (Å²) in [4.78, 5) is 12.2. The minimum absolute atomic E-state index is 0.0790. The summed E-state index contributed by atoms with van der Waals surface area (Å²) in [6.07, 6.45) is -15.5. The number of amides is 1. The Kier molecular flexibility index (Phi) is 7.20. The standard InChI is InChI=1S/C26H21F6NO4/c27-25(28,29)14-9-10-21(26(30,31)32)19(11-14)23(35)22(34)12-33-24(36)37-13-20-17-7-3-1-5-15(17)16-6-2-4-8-18(16)20/h1-11,20,22-23,34-35H,12-13H2,(H,33,36). The average Bonchev–Trinajstić information content (AvgIpc) is 3.17. The van der Waals surface area contributed by atoms with Gasteiger partial charge in [-0.25, -0.2) is 4.79 Å². The first-order valence-electron chi connectivity index (χ1n) is 11.1. The highest BCUT2D eigenvalue weighted by Crippen LogP contribution is 2.44. The second-order valence-corrected chi connectivity index (χ2v) is 8.52. The number of carbonyl (C=O) groups excluding carboxylic acids is 1. The average molecular weight is 525 g/mol. The molecule has 1 aliphatic rings. The van der Waals surface area contributed by atoms with Crippen LogP contribution in [-0.4, -0.2) is 35.6 Å². The second kappa shape index (κ2) is 10.1. The van der Waals surface area contributed by atoms with Gasteiger partial charge in [-0.05, 0) is 46.0 Å². The number of rotatable bonds is 6. The van der Waals surface area contributed by atoms with Crippen molar-refractivity contribution in [1.82, 2.24) is 5.32 Å². The van der Waals surface area contributed by atoms with Crippen LogP contribution in [0.25, 0.3) is 11.1 Å². The van der Waals surface area contributed by atoms with E-state index in [9.17, 15) is 41.4 Å². The first kappa shape index (κ1) is 26.5. The molecule has 1 aliphatic carbocycles. The van der Waals surface area contributed by atoms with E-state index in [4.69, 9.17) is 4.74 Å². The van der Waals surface area contributed by atoms with Gasteiger partial charge in [0.1, 0.15) is 18.8 Å². The van der Waals surface area contributed by atoms with E-state index < -0.39 is 53.9 Å². The van der Waals surface area contributed by atoms with Crippen molar-refractivity contribution in [3.8, 4) is 11.1 Å². The van der Waals surface area contributed by atoms with E-state index in [2.05, 4.69) is 5.32 Å². The normalized spacial score (nSPS) is 15.0. The number of alkyl carbamates (subject to hydrolysis) is 1. The van der Waals surface area contributed by atoms with E-state index in [-0.39, 0.29) is 30.7 Å². The minimum Gasteiger partial charge on any atom is -0.449 e. The molecule has 11 heteroatoms. The van der Waals surface area contributed by atoms with Crippen molar-refractivity contribution in [3.63, 3.8) is 0 Å².